The van der Waals surface area contributed by atoms with Crippen LogP contribution >= 0.6 is 0 Å². The number of benzene rings is 2. The van der Waals surface area contributed by atoms with E-state index >= 15 is 0 Å². The van der Waals surface area contributed by atoms with Crippen molar-refractivity contribution in [3.05, 3.63) is 71.8 Å². The van der Waals surface area contributed by atoms with Crippen LogP contribution in [0.3, 0.4) is 0 Å². The Morgan fingerprint density at radius 1 is 1.00 bits per heavy atom. The number of hydrogen-bond acceptors (Lipinski definition) is 3. The number of hydrogen-bond donors (Lipinski definition) is 1. The molecule has 112 valence electrons. The molecule has 1 aliphatic heterocycles. The molecule has 0 aliphatic carbocycles. The normalized spacial score (nSPS) is 24.5. The lowest BCUT2D eigenvalue weighted by atomic mass is 9.86. The van der Waals surface area contributed by atoms with Crippen LogP contribution in [-0.4, -0.2) is 40.9 Å². The summed E-state index contributed by atoms with van der Waals surface area (Å²) in [4.78, 5) is 26.3. The Balaban J connectivity index is 2.03. The average molecular weight is 295 g/mol. The molecule has 2 aromatic carbocycles. The molecule has 0 unspecified atom stereocenters. The summed E-state index contributed by atoms with van der Waals surface area (Å²) < 4.78 is 0. The van der Waals surface area contributed by atoms with E-state index in [-0.39, 0.29) is 5.78 Å². The van der Waals surface area contributed by atoms with Gasteiger partial charge in [0.05, 0.1) is 0 Å². The van der Waals surface area contributed by atoms with Gasteiger partial charge in [0.2, 0.25) is 0 Å². The molecule has 1 aliphatic rings. The molecule has 1 amide bonds. The zero-order chi connectivity index (χ0) is 15.7. The first-order chi connectivity index (χ1) is 10.6. The maximum Gasteiger partial charge on any atom is 0.252 e. The van der Waals surface area contributed by atoms with Crippen molar-refractivity contribution in [1.29, 1.82) is 0 Å². The topological polar surface area (TPSA) is 57.6 Å². The Bertz CT molecular complexity index is 684. The van der Waals surface area contributed by atoms with Crippen LogP contribution in [0.5, 0.6) is 0 Å². The monoisotopic (exact) mass is 295 g/mol. The van der Waals surface area contributed by atoms with Crippen LogP contribution in [0.2, 0.25) is 0 Å². The number of carbonyl (C=O) groups excluding carboxylic acids is 2. The number of likely N-dealkylation sites (tertiary alicyclic amines) is 1. The highest BCUT2D eigenvalue weighted by atomic mass is 16.3. The number of carbonyl (C=O) groups is 2. The summed E-state index contributed by atoms with van der Waals surface area (Å²) in [5.41, 5.74) is 1.34. The third kappa shape index (κ3) is 2.31. The maximum absolute atomic E-state index is 12.8. The number of Topliss-reactive ketones (excluding diaryl/α,β-unsaturated/α-hetero) is 1. The zero-order valence-electron chi connectivity index (χ0n) is 12.2. The fourth-order valence-corrected chi connectivity index (χ4v) is 3.06. The SMILES string of the molecule is CN1C(=O)[C@H](O)[C@@H](c2ccccc2)[C@@H]1C(=O)c1ccccc1. The van der Waals surface area contributed by atoms with Gasteiger partial charge in [-0.05, 0) is 5.56 Å². The third-order valence-corrected chi connectivity index (χ3v) is 4.21. The van der Waals surface area contributed by atoms with E-state index in [1.54, 1.807) is 31.3 Å². The number of ketones is 1. The van der Waals surface area contributed by atoms with Gasteiger partial charge in [-0.1, -0.05) is 60.7 Å². The smallest absolute Gasteiger partial charge is 0.252 e. The van der Waals surface area contributed by atoms with Crippen molar-refractivity contribution in [2.45, 2.75) is 18.1 Å². The van der Waals surface area contributed by atoms with Crippen molar-refractivity contribution in [2.75, 3.05) is 7.05 Å². The van der Waals surface area contributed by atoms with E-state index in [1.807, 2.05) is 36.4 Å². The number of amides is 1. The molecule has 4 nitrogen and oxygen atoms in total. The predicted octanol–water partition coefficient (Wildman–Crippen LogP) is 1.85. The molecule has 1 saturated heterocycles. The van der Waals surface area contributed by atoms with E-state index in [2.05, 4.69) is 0 Å². The van der Waals surface area contributed by atoms with Crippen molar-refractivity contribution >= 4 is 11.7 Å². The molecule has 1 N–H and O–H groups in total. The zero-order valence-corrected chi connectivity index (χ0v) is 12.2. The van der Waals surface area contributed by atoms with Crippen molar-refractivity contribution in [2.24, 2.45) is 0 Å². The van der Waals surface area contributed by atoms with Gasteiger partial charge in [-0.2, -0.15) is 0 Å². The van der Waals surface area contributed by atoms with Crippen LogP contribution < -0.4 is 0 Å². The van der Waals surface area contributed by atoms with E-state index in [0.29, 0.717) is 5.56 Å². The van der Waals surface area contributed by atoms with Crippen molar-refractivity contribution in [3.8, 4) is 0 Å². The molecule has 3 atom stereocenters. The van der Waals surface area contributed by atoms with Gasteiger partial charge in [0.25, 0.3) is 5.91 Å². The average Bonchev–Trinajstić information content (AvgIpc) is 2.80. The molecule has 0 saturated carbocycles. The van der Waals surface area contributed by atoms with Gasteiger partial charge >= 0.3 is 0 Å². The Morgan fingerprint density at radius 2 is 1.55 bits per heavy atom. The molecule has 4 heteroatoms. The Labute approximate surface area is 129 Å². The molecule has 0 radical (unpaired) electrons. The largest absolute Gasteiger partial charge is 0.383 e. The second-order valence-electron chi connectivity index (χ2n) is 5.51. The summed E-state index contributed by atoms with van der Waals surface area (Å²) in [7, 11) is 1.57. The summed E-state index contributed by atoms with van der Waals surface area (Å²) >= 11 is 0. The number of nitrogens with zero attached hydrogens (tertiary/aromatic N) is 1. The second-order valence-corrected chi connectivity index (χ2v) is 5.51. The van der Waals surface area contributed by atoms with Gasteiger partial charge in [0.1, 0.15) is 12.1 Å². The van der Waals surface area contributed by atoms with Crippen molar-refractivity contribution in [3.63, 3.8) is 0 Å². The van der Waals surface area contributed by atoms with Crippen LogP contribution in [0.1, 0.15) is 21.8 Å². The van der Waals surface area contributed by atoms with Crippen LogP contribution in [-0.2, 0) is 4.79 Å². The quantitative estimate of drug-likeness (QED) is 0.879. The van der Waals surface area contributed by atoms with Gasteiger partial charge in [-0.15, -0.1) is 0 Å². The van der Waals surface area contributed by atoms with Crippen LogP contribution in [0.4, 0.5) is 0 Å². The highest BCUT2D eigenvalue weighted by Gasteiger charge is 2.49. The fraction of sp³-hybridized carbons (Fsp3) is 0.222. The highest BCUT2D eigenvalue weighted by molar-refractivity contribution is 6.05. The highest BCUT2D eigenvalue weighted by Crippen LogP contribution is 2.35. The molecular weight excluding hydrogens is 278 g/mol. The predicted molar refractivity (Wildman–Crippen MR) is 82.5 cm³/mol. The molecule has 0 spiro atoms. The lowest BCUT2D eigenvalue weighted by molar-refractivity contribution is -0.134. The first kappa shape index (κ1) is 14.5. The van der Waals surface area contributed by atoms with E-state index in [0.717, 1.165) is 5.56 Å². The van der Waals surface area contributed by atoms with Crippen LogP contribution in [0, 0.1) is 0 Å². The molecule has 1 fully saturated rings. The van der Waals surface area contributed by atoms with E-state index in [1.165, 1.54) is 4.90 Å². The Kier molecular flexibility index (Phi) is 3.77. The van der Waals surface area contributed by atoms with E-state index < -0.39 is 24.0 Å². The summed E-state index contributed by atoms with van der Waals surface area (Å²) in [6.45, 7) is 0. The van der Waals surface area contributed by atoms with Gasteiger partial charge in [-0.25, -0.2) is 0 Å². The van der Waals surface area contributed by atoms with E-state index in [9.17, 15) is 14.7 Å². The minimum absolute atomic E-state index is 0.151. The molecule has 3 rings (SSSR count). The minimum Gasteiger partial charge on any atom is -0.383 e. The summed E-state index contributed by atoms with van der Waals surface area (Å²) in [5.74, 6) is -1.11. The first-order valence-electron chi connectivity index (χ1n) is 7.20. The van der Waals surface area contributed by atoms with E-state index in [4.69, 9.17) is 0 Å². The third-order valence-electron chi connectivity index (χ3n) is 4.21. The fourth-order valence-electron chi connectivity index (χ4n) is 3.06. The molecular formula is C18H17NO3. The van der Waals surface area contributed by atoms with Gasteiger partial charge in [0.15, 0.2) is 5.78 Å². The standard InChI is InChI=1S/C18H17NO3/c1-19-15(16(20)13-10-6-3-7-11-13)14(17(21)18(19)22)12-8-4-2-5-9-12/h2-11,14-15,17,21H,1H3/t14-,15+,17+/m0/s1. The number of aliphatic hydroxyl groups excluding tert-OH is 1. The number of aliphatic hydroxyl groups is 1. The summed E-state index contributed by atoms with van der Waals surface area (Å²) in [6.07, 6.45) is -1.19. The second kappa shape index (κ2) is 5.73. The molecule has 0 aromatic heterocycles. The molecule has 22 heavy (non-hydrogen) atoms. The summed E-state index contributed by atoms with van der Waals surface area (Å²) in [6, 6.07) is 17.4. The van der Waals surface area contributed by atoms with Crippen molar-refractivity contribution < 1.29 is 14.7 Å². The van der Waals surface area contributed by atoms with Gasteiger partial charge in [-0.3, -0.25) is 9.59 Å². The molecule has 0 bridgehead atoms. The minimum atomic E-state index is -1.19. The van der Waals surface area contributed by atoms with Crippen LogP contribution in [0.25, 0.3) is 0 Å². The van der Waals surface area contributed by atoms with Crippen LogP contribution in [0.15, 0.2) is 60.7 Å². The van der Waals surface area contributed by atoms with Gasteiger partial charge in [0, 0.05) is 18.5 Å². The van der Waals surface area contributed by atoms with Crippen molar-refractivity contribution in [1.82, 2.24) is 4.90 Å². The van der Waals surface area contributed by atoms with Gasteiger partial charge < -0.3 is 10.0 Å². The Morgan fingerprint density at radius 3 is 2.14 bits per heavy atom. The molecule has 2 aromatic rings. The number of likely N-dealkylation sites (N-methyl/N-ethyl adjacent to an activating group) is 1. The Hall–Kier alpha value is -2.46. The lowest BCUT2D eigenvalue weighted by Crippen LogP contribution is -2.38. The lowest BCUT2D eigenvalue weighted by Gasteiger charge is -2.24. The maximum atomic E-state index is 12.8. The summed E-state index contributed by atoms with van der Waals surface area (Å²) in [5, 5.41) is 10.3. The number of rotatable bonds is 3. The first-order valence-corrected chi connectivity index (χ1v) is 7.20. The molecule has 1 heterocycles.